The van der Waals surface area contributed by atoms with Crippen LogP contribution in [0.3, 0.4) is 0 Å². The van der Waals surface area contributed by atoms with Crippen LogP contribution in [-0.2, 0) is 11.2 Å². The summed E-state index contributed by atoms with van der Waals surface area (Å²) in [5, 5.41) is 4.05. The molecule has 2 aromatic rings. The SMILES string of the molecule is CCCCCCCCOc1c(Br)cc(/C=N/NC(=O)Cc2ccccc2)cc1OC. The number of hydrazone groups is 1. The second-order valence-electron chi connectivity index (χ2n) is 7.11. The highest BCUT2D eigenvalue weighted by Gasteiger charge is 2.11. The molecule has 0 spiro atoms. The summed E-state index contributed by atoms with van der Waals surface area (Å²) in [6.45, 7) is 2.88. The monoisotopic (exact) mass is 474 g/mol. The highest BCUT2D eigenvalue weighted by molar-refractivity contribution is 9.10. The highest BCUT2D eigenvalue weighted by atomic mass is 79.9. The van der Waals surface area contributed by atoms with E-state index in [9.17, 15) is 4.79 Å². The lowest BCUT2D eigenvalue weighted by Crippen LogP contribution is -2.19. The van der Waals surface area contributed by atoms with E-state index in [0.29, 0.717) is 18.1 Å². The van der Waals surface area contributed by atoms with E-state index in [1.54, 1.807) is 13.3 Å². The molecule has 162 valence electrons. The van der Waals surface area contributed by atoms with Crippen LogP contribution < -0.4 is 14.9 Å². The van der Waals surface area contributed by atoms with Crippen molar-refractivity contribution in [3.05, 3.63) is 58.1 Å². The number of nitrogens with zero attached hydrogens (tertiary/aromatic N) is 1. The third kappa shape index (κ3) is 8.57. The van der Waals surface area contributed by atoms with Crippen LogP contribution in [0.2, 0.25) is 0 Å². The molecule has 30 heavy (non-hydrogen) atoms. The second-order valence-corrected chi connectivity index (χ2v) is 7.96. The summed E-state index contributed by atoms with van der Waals surface area (Å²) in [6.07, 6.45) is 9.18. The van der Waals surface area contributed by atoms with E-state index >= 15 is 0 Å². The van der Waals surface area contributed by atoms with Crippen LogP contribution in [0.1, 0.15) is 56.6 Å². The first kappa shape index (κ1) is 23.9. The smallest absolute Gasteiger partial charge is 0.244 e. The van der Waals surface area contributed by atoms with Gasteiger partial charge < -0.3 is 9.47 Å². The number of rotatable bonds is 13. The lowest BCUT2D eigenvalue weighted by molar-refractivity contribution is -0.120. The fraction of sp³-hybridized carbons (Fsp3) is 0.417. The number of hydrogen-bond acceptors (Lipinski definition) is 4. The van der Waals surface area contributed by atoms with Gasteiger partial charge in [0.25, 0.3) is 0 Å². The van der Waals surface area contributed by atoms with Crippen molar-refractivity contribution in [2.45, 2.75) is 51.9 Å². The molecule has 5 nitrogen and oxygen atoms in total. The number of unbranched alkanes of at least 4 members (excludes halogenated alkanes) is 5. The Bertz CT molecular complexity index is 810. The number of nitrogens with one attached hydrogen (secondary N) is 1. The van der Waals surface area contributed by atoms with Crippen LogP contribution in [0.5, 0.6) is 11.5 Å². The van der Waals surface area contributed by atoms with Gasteiger partial charge in [-0.3, -0.25) is 4.79 Å². The summed E-state index contributed by atoms with van der Waals surface area (Å²) in [5.41, 5.74) is 4.30. The Kier molecular flexibility index (Phi) is 11.0. The van der Waals surface area contributed by atoms with E-state index < -0.39 is 0 Å². The maximum atomic E-state index is 12.0. The van der Waals surface area contributed by atoms with Crippen LogP contribution in [0.4, 0.5) is 0 Å². The minimum Gasteiger partial charge on any atom is -0.493 e. The Labute approximate surface area is 188 Å². The van der Waals surface area contributed by atoms with E-state index in [2.05, 4.69) is 33.4 Å². The molecule has 0 bridgehead atoms. The Hall–Kier alpha value is -2.34. The number of hydrogen-bond donors (Lipinski definition) is 1. The van der Waals surface area contributed by atoms with E-state index in [0.717, 1.165) is 22.0 Å². The minimum atomic E-state index is -0.164. The number of carbonyl (C=O) groups is 1. The highest BCUT2D eigenvalue weighted by Crippen LogP contribution is 2.36. The van der Waals surface area contributed by atoms with Gasteiger partial charge in [0.2, 0.25) is 5.91 Å². The zero-order chi connectivity index (χ0) is 21.6. The van der Waals surface area contributed by atoms with Crippen molar-refractivity contribution in [1.29, 1.82) is 0 Å². The Morgan fingerprint density at radius 1 is 1.10 bits per heavy atom. The Morgan fingerprint density at radius 2 is 1.83 bits per heavy atom. The summed E-state index contributed by atoms with van der Waals surface area (Å²) in [5.74, 6) is 1.16. The number of amides is 1. The van der Waals surface area contributed by atoms with Crippen molar-refractivity contribution in [3.63, 3.8) is 0 Å². The number of carbonyl (C=O) groups excluding carboxylic acids is 1. The largest absolute Gasteiger partial charge is 0.493 e. The van der Waals surface area contributed by atoms with Gasteiger partial charge in [-0.1, -0.05) is 69.4 Å². The predicted octanol–water partition coefficient (Wildman–Crippen LogP) is 5.89. The molecule has 0 saturated heterocycles. The minimum absolute atomic E-state index is 0.164. The predicted molar refractivity (Wildman–Crippen MR) is 125 cm³/mol. The Morgan fingerprint density at radius 3 is 2.57 bits per heavy atom. The normalized spacial score (nSPS) is 10.9. The summed E-state index contributed by atoms with van der Waals surface area (Å²) in [6, 6.07) is 13.3. The third-order valence-corrected chi connectivity index (χ3v) is 5.20. The summed E-state index contributed by atoms with van der Waals surface area (Å²) in [7, 11) is 1.61. The molecule has 0 aliphatic heterocycles. The van der Waals surface area contributed by atoms with Gasteiger partial charge in [-0.05, 0) is 45.6 Å². The maximum Gasteiger partial charge on any atom is 0.244 e. The zero-order valence-corrected chi connectivity index (χ0v) is 19.4. The fourth-order valence-electron chi connectivity index (χ4n) is 3.01. The molecule has 2 rings (SSSR count). The number of halogens is 1. The quantitative estimate of drug-likeness (QED) is 0.223. The molecular weight excluding hydrogens is 444 g/mol. The van der Waals surface area contributed by atoms with E-state index in [4.69, 9.17) is 9.47 Å². The van der Waals surface area contributed by atoms with Crippen LogP contribution in [0.15, 0.2) is 52.0 Å². The van der Waals surface area contributed by atoms with Crippen LogP contribution in [-0.4, -0.2) is 25.8 Å². The molecule has 0 aliphatic rings. The van der Waals surface area contributed by atoms with Gasteiger partial charge in [-0.25, -0.2) is 5.43 Å². The lowest BCUT2D eigenvalue weighted by Gasteiger charge is -2.13. The van der Waals surface area contributed by atoms with Gasteiger partial charge >= 0.3 is 0 Å². The standard InChI is InChI=1S/C24H31BrN2O3/c1-3-4-5-6-7-11-14-30-24-21(25)15-20(16-22(24)29-2)18-26-27-23(28)17-19-12-9-8-10-13-19/h8-10,12-13,15-16,18H,3-7,11,14,17H2,1-2H3,(H,27,28)/b26-18+. The molecule has 1 amide bonds. The van der Waals surface area contributed by atoms with Crippen molar-refractivity contribution in [1.82, 2.24) is 5.43 Å². The summed E-state index contributed by atoms with van der Waals surface area (Å²) >= 11 is 3.55. The first-order chi connectivity index (χ1) is 14.6. The first-order valence-corrected chi connectivity index (χ1v) is 11.3. The molecule has 0 saturated carbocycles. The topological polar surface area (TPSA) is 59.9 Å². The molecule has 6 heteroatoms. The van der Waals surface area contributed by atoms with Gasteiger partial charge in [0, 0.05) is 0 Å². The zero-order valence-electron chi connectivity index (χ0n) is 17.8. The number of ether oxygens (including phenoxy) is 2. The van der Waals surface area contributed by atoms with Crippen LogP contribution in [0.25, 0.3) is 0 Å². The molecule has 0 unspecified atom stereocenters. The number of benzene rings is 2. The second kappa shape index (κ2) is 13.8. The molecule has 1 N–H and O–H groups in total. The molecule has 0 heterocycles. The average Bonchev–Trinajstić information content (AvgIpc) is 2.74. The number of methoxy groups -OCH3 is 1. The van der Waals surface area contributed by atoms with Gasteiger partial charge in [-0.15, -0.1) is 0 Å². The van der Waals surface area contributed by atoms with Crippen LogP contribution in [0, 0.1) is 0 Å². The van der Waals surface area contributed by atoms with Crippen molar-refractivity contribution < 1.29 is 14.3 Å². The van der Waals surface area contributed by atoms with Crippen molar-refractivity contribution in [3.8, 4) is 11.5 Å². The molecule has 0 fully saturated rings. The maximum absolute atomic E-state index is 12.0. The molecular formula is C24H31BrN2O3. The van der Waals surface area contributed by atoms with Crippen molar-refractivity contribution in [2.24, 2.45) is 5.10 Å². The van der Waals surface area contributed by atoms with Gasteiger partial charge in [-0.2, -0.15) is 5.10 Å². The molecule has 0 radical (unpaired) electrons. The van der Waals surface area contributed by atoms with Gasteiger partial charge in [0.05, 0.1) is 30.8 Å². The summed E-state index contributed by atoms with van der Waals surface area (Å²) in [4.78, 5) is 12.0. The molecule has 0 aromatic heterocycles. The van der Waals surface area contributed by atoms with E-state index in [1.807, 2.05) is 42.5 Å². The molecule has 2 aromatic carbocycles. The van der Waals surface area contributed by atoms with Gasteiger partial charge in [0.15, 0.2) is 11.5 Å². The molecule has 0 atom stereocenters. The van der Waals surface area contributed by atoms with Crippen LogP contribution >= 0.6 is 15.9 Å². The van der Waals surface area contributed by atoms with Gasteiger partial charge in [0.1, 0.15) is 0 Å². The van der Waals surface area contributed by atoms with E-state index in [1.165, 1.54) is 32.1 Å². The molecule has 0 aliphatic carbocycles. The fourth-order valence-corrected chi connectivity index (χ4v) is 3.58. The van der Waals surface area contributed by atoms with Crippen molar-refractivity contribution in [2.75, 3.05) is 13.7 Å². The lowest BCUT2D eigenvalue weighted by atomic mass is 10.1. The third-order valence-electron chi connectivity index (χ3n) is 4.61. The Balaban J connectivity index is 1.86. The average molecular weight is 475 g/mol. The van der Waals surface area contributed by atoms with E-state index in [-0.39, 0.29) is 12.3 Å². The first-order valence-electron chi connectivity index (χ1n) is 10.5. The summed E-state index contributed by atoms with van der Waals surface area (Å²) < 4.78 is 12.2. The van der Waals surface area contributed by atoms with Crippen molar-refractivity contribution >= 4 is 28.1 Å².